The third kappa shape index (κ3) is 10.1. The Labute approximate surface area is 154 Å². The molecule has 1 aromatic carbocycles. The number of benzene rings is 1. The van der Waals surface area contributed by atoms with Crippen LogP contribution >= 0.6 is 0 Å². The van der Waals surface area contributed by atoms with Gasteiger partial charge in [0.05, 0.1) is 6.54 Å². The molecule has 0 spiro atoms. The number of ether oxygens (including phenoxy) is 1. The fourth-order valence-electron chi connectivity index (χ4n) is 1.83. The Hall–Kier alpha value is -2.83. The first-order valence-corrected chi connectivity index (χ1v) is 8.42. The Morgan fingerprint density at radius 1 is 1.00 bits per heavy atom. The van der Waals surface area contributed by atoms with Crippen molar-refractivity contribution in [3.05, 3.63) is 41.5 Å². The maximum absolute atomic E-state index is 11.7. The second-order valence-electron chi connectivity index (χ2n) is 6.74. The third-order valence-corrected chi connectivity index (χ3v) is 3.04. The fourth-order valence-corrected chi connectivity index (χ4v) is 1.83. The van der Waals surface area contributed by atoms with Gasteiger partial charge in [0.2, 0.25) is 11.8 Å². The molecule has 0 aromatic heterocycles. The van der Waals surface area contributed by atoms with Gasteiger partial charge in [-0.25, -0.2) is 4.79 Å². The lowest BCUT2D eigenvalue weighted by Crippen LogP contribution is -2.41. The molecule has 0 saturated heterocycles. The van der Waals surface area contributed by atoms with E-state index in [1.165, 1.54) is 6.08 Å². The third-order valence-electron chi connectivity index (χ3n) is 3.04. The van der Waals surface area contributed by atoms with Crippen LogP contribution in [-0.2, 0) is 14.3 Å². The summed E-state index contributed by atoms with van der Waals surface area (Å²) in [5, 5.41) is 7.61. The van der Waals surface area contributed by atoms with Gasteiger partial charge in [0.15, 0.2) is 0 Å². The first kappa shape index (κ1) is 21.2. The van der Waals surface area contributed by atoms with Gasteiger partial charge in [-0.1, -0.05) is 29.8 Å². The molecule has 0 aliphatic rings. The van der Waals surface area contributed by atoms with Crippen molar-refractivity contribution in [3.63, 3.8) is 0 Å². The summed E-state index contributed by atoms with van der Waals surface area (Å²) in [5.41, 5.74) is 1.48. The Balaban J connectivity index is 2.17. The zero-order valence-electron chi connectivity index (χ0n) is 15.7. The summed E-state index contributed by atoms with van der Waals surface area (Å²) >= 11 is 0. The zero-order valence-corrected chi connectivity index (χ0v) is 15.7. The lowest BCUT2D eigenvalue weighted by Gasteiger charge is -2.19. The molecule has 1 aromatic rings. The van der Waals surface area contributed by atoms with Crippen LogP contribution in [0.25, 0.3) is 6.08 Å². The largest absolute Gasteiger partial charge is 0.444 e. The lowest BCUT2D eigenvalue weighted by atomic mass is 10.1. The number of alkyl carbamates (subject to hydrolysis) is 1. The average Bonchev–Trinajstić information content (AvgIpc) is 2.55. The second kappa shape index (κ2) is 10.2. The highest BCUT2D eigenvalue weighted by Crippen LogP contribution is 2.06. The van der Waals surface area contributed by atoms with Crippen molar-refractivity contribution in [3.8, 4) is 0 Å². The van der Waals surface area contributed by atoms with Crippen LogP contribution in [0.5, 0.6) is 0 Å². The van der Waals surface area contributed by atoms with Gasteiger partial charge < -0.3 is 20.7 Å². The summed E-state index contributed by atoms with van der Waals surface area (Å²) in [4.78, 5) is 34.7. The molecular weight excluding hydrogens is 334 g/mol. The van der Waals surface area contributed by atoms with E-state index in [1.54, 1.807) is 26.8 Å². The van der Waals surface area contributed by atoms with E-state index >= 15 is 0 Å². The molecule has 0 heterocycles. The highest BCUT2D eigenvalue weighted by Gasteiger charge is 2.16. The van der Waals surface area contributed by atoms with Crippen LogP contribution in [0.15, 0.2) is 30.3 Å². The summed E-state index contributed by atoms with van der Waals surface area (Å²) in [6, 6.07) is 7.80. The van der Waals surface area contributed by atoms with Gasteiger partial charge in [0.25, 0.3) is 0 Å². The van der Waals surface area contributed by atoms with Crippen LogP contribution in [0.2, 0.25) is 0 Å². The van der Waals surface area contributed by atoms with Crippen molar-refractivity contribution < 1.29 is 19.1 Å². The molecule has 3 amide bonds. The Bertz CT molecular complexity index is 646. The van der Waals surface area contributed by atoms with Gasteiger partial charge in [-0.3, -0.25) is 9.59 Å². The minimum atomic E-state index is -0.651. The quantitative estimate of drug-likeness (QED) is 0.509. The average molecular weight is 361 g/mol. The van der Waals surface area contributed by atoms with E-state index in [-0.39, 0.29) is 31.4 Å². The molecule has 0 aliphatic heterocycles. The van der Waals surface area contributed by atoms with Crippen LogP contribution in [0.1, 0.15) is 31.9 Å². The summed E-state index contributed by atoms with van der Waals surface area (Å²) in [7, 11) is 0. The lowest BCUT2D eigenvalue weighted by molar-refractivity contribution is -0.120. The van der Waals surface area contributed by atoms with E-state index < -0.39 is 11.7 Å². The predicted octanol–water partition coefficient (Wildman–Crippen LogP) is 1.77. The molecule has 7 heteroatoms. The van der Waals surface area contributed by atoms with E-state index in [4.69, 9.17) is 4.74 Å². The molecular formula is C19H27N3O4. The second-order valence-corrected chi connectivity index (χ2v) is 6.74. The van der Waals surface area contributed by atoms with Crippen molar-refractivity contribution >= 4 is 24.0 Å². The van der Waals surface area contributed by atoms with Gasteiger partial charge in [-0.05, 0) is 39.3 Å². The number of amides is 3. The normalized spacial score (nSPS) is 11.1. The van der Waals surface area contributed by atoms with Crippen molar-refractivity contribution in [2.45, 2.75) is 33.3 Å². The van der Waals surface area contributed by atoms with Crippen molar-refractivity contribution in [1.29, 1.82) is 0 Å². The molecule has 0 bridgehead atoms. The van der Waals surface area contributed by atoms with Gasteiger partial charge in [-0.2, -0.15) is 0 Å². The molecule has 0 atom stereocenters. The summed E-state index contributed by atoms with van der Waals surface area (Å²) in [6.07, 6.45) is 2.51. The van der Waals surface area contributed by atoms with Crippen LogP contribution in [-0.4, -0.2) is 43.1 Å². The monoisotopic (exact) mass is 361 g/mol. The molecule has 0 saturated carbocycles. The topological polar surface area (TPSA) is 96.5 Å². The minimum Gasteiger partial charge on any atom is -0.444 e. The Kier molecular flexibility index (Phi) is 8.34. The molecule has 7 nitrogen and oxygen atoms in total. The van der Waals surface area contributed by atoms with Gasteiger partial charge in [-0.15, -0.1) is 0 Å². The van der Waals surface area contributed by atoms with E-state index in [9.17, 15) is 14.4 Å². The summed E-state index contributed by atoms with van der Waals surface area (Å²) in [6.45, 7) is 7.58. The highest BCUT2D eigenvalue weighted by atomic mass is 16.6. The number of carbonyl (C=O) groups excluding carboxylic acids is 3. The SMILES string of the molecule is Cc1ccc(/C=C/C(=O)NCCNC(=O)CNC(=O)OC(C)(C)C)cc1. The number of aryl methyl sites for hydroxylation is 1. The van der Waals surface area contributed by atoms with Gasteiger partial charge in [0, 0.05) is 19.2 Å². The Morgan fingerprint density at radius 2 is 1.62 bits per heavy atom. The van der Waals surface area contributed by atoms with Crippen molar-refractivity contribution in [2.75, 3.05) is 19.6 Å². The van der Waals surface area contributed by atoms with Crippen molar-refractivity contribution in [1.82, 2.24) is 16.0 Å². The predicted molar refractivity (Wildman–Crippen MR) is 100 cm³/mol. The molecule has 1 rings (SSSR count). The van der Waals surface area contributed by atoms with E-state index in [2.05, 4.69) is 16.0 Å². The smallest absolute Gasteiger partial charge is 0.408 e. The molecule has 26 heavy (non-hydrogen) atoms. The maximum atomic E-state index is 11.7. The number of carbonyl (C=O) groups is 3. The highest BCUT2D eigenvalue weighted by molar-refractivity contribution is 5.91. The fraction of sp³-hybridized carbons (Fsp3) is 0.421. The van der Waals surface area contributed by atoms with Crippen LogP contribution < -0.4 is 16.0 Å². The number of rotatable bonds is 7. The van der Waals surface area contributed by atoms with Crippen LogP contribution in [0, 0.1) is 6.92 Å². The first-order valence-electron chi connectivity index (χ1n) is 8.42. The van der Waals surface area contributed by atoms with Crippen molar-refractivity contribution in [2.24, 2.45) is 0 Å². The van der Waals surface area contributed by atoms with Crippen LogP contribution in [0.3, 0.4) is 0 Å². The van der Waals surface area contributed by atoms with Crippen LogP contribution in [0.4, 0.5) is 4.79 Å². The standard InChI is InChI=1S/C19H27N3O4/c1-14-5-7-15(8-6-14)9-10-16(23)20-11-12-21-17(24)13-22-18(25)26-19(2,3)4/h5-10H,11-13H2,1-4H3,(H,20,23)(H,21,24)(H,22,25)/b10-9+. The molecule has 0 radical (unpaired) electrons. The Morgan fingerprint density at radius 3 is 2.23 bits per heavy atom. The van der Waals surface area contributed by atoms with Gasteiger partial charge >= 0.3 is 6.09 Å². The van der Waals surface area contributed by atoms with E-state index in [0.29, 0.717) is 0 Å². The molecule has 3 N–H and O–H groups in total. The number of nitrogens with one attached hydrogen (secondary N) is 3. The minimum absolute atomic E-state index is 0.184. The zero-order chi connectivity index (χ0) is 19.6. The summed E-state index contributed by atoms with van der Waals surface area (Å²) < 4.78 is 5.02. The molecule has 0 aliphatic carbocycles. The van der Waals surface area contributed by atoms with E-state index in [1.807, 2.05) is 31.2 Å². The molecule has 0 unspecified atom stereocenters. The number of hydrogen-bond acceptors (Lipinski definition) is 4. The number of hydrogen-bond donors (Lipinski definition) is 3. The maximum Gasteiger partial charge on any atom is 0.408 e. The molecule has 0 fully saturated rings. The van der Waals surface area contributed by atoms with Gasteiger partial charge in [0.1, 0.15) is 5.60 Å². The van der Waals surface area contributed by atoms with E-state index in [0.717, 1.165) is 11.1 Å². The summed E-state index contributed by atoms with van der Waals surface area (Å²) in [5.74, 6) is -0.605. The first-order chi connectivity index (χ1) is 12.2. The molecule has 142 valence electrons.